The van der Waals surface area contributed by atoms with Crippen LogP contribution in [0.1, 0.15) is 89.3 Å². The highest BCUT2D eigenvalue weighted by molar-refractivity contribution is 5.66. The van der Waals surface area contributed by atoms with Gasteiger partial charge in [0.15, 0.2) is 0 Å². The summed E-state index contributed by atoms with van der Waals surface area (Å²) in [6.45, 7) is 20.9. The maximum Gasteiger partial charge on any atom is 0.0312 e. The molecule has 0 bridgehead atoms. The van der Waals surface area contributed by atoms with E-state index >= 15 is 0 Å². The van der Waals surface area contributed by atoms with Crippen molar-refractivity contribution >= 4 is 5.57 Å². The van der Waals surface area contributed by atoms with Crippen LogP contribution in [0.5, 0.6) is 0 Å². The van der Waals surface area contributed by atoms with Crippen molar-refractivity contribution in [2.24, 2.45) is 11.8 Å². The molecule has 1 aromatic rings. The van der Waals surface area contributed by atoms with Gasteiger partial charge in [0.25, 0.3) is 0 Å². The molecule has 26 heavy (non-hydrogen) atoms. The Morgan fingerprint density at radius 1 is 1.27 bits per heavy atom. The van der Waals surface area contributed by atoms with Crippen LogP contribution in [0.3, 0.4) is 0 Å². The molecular formula is C26H38. The van der Waals surface area contributed by atoms with Gasteiger partial charge in [0.1, 0.15) is 0 Å². The SMILES string of the molecule is C=C(CC(C)c1c(/C(C)=C/C)c#ccc1C)C1CCC(C)CC1.C=CC. The Morgan fingerprint density at radius 3 is 2.38 bits per heavy atom. The van der Waals surface area contributed by atoms with Crippen LogP contribution in [-0.2, 0) is 0 Å². The highest BCUT2D eigenvalue weighted by Gasteiger charge is 2.23. The van der Waals surface area contributed by atoms with Crippen LogP contribution in [-0.4, -0.2) is 0 Å². The molecule has 0 heterocycles. The maximum absolute atomic E-state index is 4.46. The zero-order valence-corrected chi connectivity index (χ0v) is 17.9. The summed E-state index contributed by atoms with van der Waals surface area (Å²) in [4.78, 5) is 0. The summed E-state index contributed by atoms with van der Waals surface area (Å²) >= 11 is 0. The predicted molar refractivity (Wildman–Crippen MR) is 117 cm³/mol. The standard InChI is InChI=1S/C23H32.C3H6/c1-7-17(3)22-10-8-9-18(4)23(22)20(6)15-19(5)21-13-11-16(2)12-14-21;1-3-2/h7,9,16,20-21H,5,11-15H2,1-4,6H3;3H,1H2,2H3/b17-7+;. The molecule has 0 nitrogen and oxygen atoms in total. The lowest BCUT2D eigenvalue weighted by atomic mass is 9.76. The second-order valence-electron chi connectivity index (χ2n) is 7.99. The molecule has 0 spiro atoms. The molecule has 1 aromatic carbocycles. The molecule has 1 fully saturated rings. The molecule has 1 saturated carbocycles. The normalized spacial score (nSPS) is 21.1. The summed E-state index contributed by atoms with van der Waals surface area (Å²) in [7, 11) is 0. The van der Waals surface area contributed by atoms with Gasteiger partial charge in [-0.3, -0.25) is 0 Å². The summed E-state index contributed by atoms with van der Waals surface area (Å²) in [6.07, 6.45) is 10.4. The van der Waals surface area contributed by atoms with Gasteiger partial charge in [0, 0.05) is 5.56 Å². The number of aryl methyl sites for hydroxylation is 1. The third kappa shape index (κ3) is 6.21. The first kappa shape index (κ1) is 22.3. The average Bonchev–Trinajstić information content (AvgIpc) is 2.61. The van der Waals surface area contributed by atoms with Gasteiger partial charge in [-0.15, -0.1) is 6.58 Å². The van der Waals surface area contributed by atoms with Crippen LogP contribution in [0, 0.1) is 30.9 Å². The van der Waals surface area contributed by atoms with E-state index in [9.17, 15) is 0 Å². The van der Waals surface area contributed by atoms with E-state index in [2.05, 4.69) is 72.1 Å². The Kier molecular flexibility index (Phi) is 9.50. The van der Waals surface area contributed by atoms with Crippen LogP contribution in [0.2, 0.25) is 0 Å². The molecule has 1 aliphatic carbocycles. The third-order valence-electron chi connectivity index (χ3n) is 5.66. The first-order chi connectivity index (χ1) is 12.3. The monoisotopic (exact) mass is 350 g/mol. The molecule has 0 N–H and O–H groups in total. The molecule has 1 atom stereocenters. The molecule has 0 saturated heterocycles. The van der Waals surface area contributed by atoms with Crippen LogP contribution in [0.4, 0.5) is 0 Å². The fraction of sp³-hybridized carbons (Fsp3) is 0.538. The number of hydrogen-bond acceptors (Lipinski definition) is 0. The van der Waals surface area contributed by atoms with E-state index in [1.807, 2.05) is 6.92 Å². The number of allylic oxidation sites excluding steroid dienone is 4. The van der Waals surface area contributed by atoms with Crippen molar-refractivity contribution in [3.63, 3.8) is 0 Å². The number of rotatable bonds is 5. The summed E-state index contributed by atoms with van der Waals surface area (Å²) in [5.74, 6) is 2.14. The highest BCUT2D eigenvalue weighted by Crippen LogP contribution is 2.38. The minimum atomic E-state index is 0.498. The van der Waals surface area contributed by atoms with Crippen molar-refractivity contribution in [1.29, 1.82) is 0 Å². The quantitative estimate of drug-likeness (QED) is 0.471. The molecule has 0 radical (unpaired) electrons. The van der Waals surface area contributed by atoms with Crippen molar-refractivity contribution < 1.29 is 0 Å². The first-order valence-electron chi connectivity index (χ1n) is 10.2. The summed E-state index contributed by atoms with van der Waals surface area (Å²) in [6, 6.07) is 8.59. The largest absolute Gasteiger partial charge is 0.103 e. The molecular weight excluding hydrogens is 312 g/mol. The Hall–Kier alpha value is -1.74. The van der Waals surface area contributed by atoms with Gasteiger partial charge in [0.05, 0.1) is 0 Å². The summed E-state index contributed by atoms with van der Waals surface area (Å²) in [5.41, 5.74) is 6.76. The van der Waals surface area contributed by atoms with Gasteiger partial charge in [-0.25, -0.2) is 0 Å². The van der Waals surface area contributed by atoms with Crippen molar-refractivity contribution in [2.45, 2.75) is 79.6 Å². The van der Waals surface area contributed by atoms with Gasteiger partial charge in [-0.1, -0.05) is 63.1 Å². The Labute approximate surface area is 163 Å². The zero-order valence-electron chi connectivity index (χ0n) is 17.9. The Balaban J connectivity index is 0.00000105. The second-order valence-corrected chi connectivity index (χ2v) is 7.99. The van der Waals surface area contributed by atoms with Crippen LogP contribution < -0.4 is 0 Å². The van der Waals surface area contributed by atoms with E-state index in [4.69, 9.17) is 0 Å². The van der Waals surface area contributed by atoms with E-state index in [1.165, 1.54) is 53.5 Å². The lowest BCUT2D eigenvalue weighted by molar-refractivity contribution is 0.314. The van der Waals surface area contributed by atoms with Gasteiger partial charge in [-0.05, 0) is 87.5 Å². The van der Waals surface area contributed by atoms with Gasteiger partial charge < -0.3 is 0 Å². The second kappa shape index (κ2) is 11.1. The topological polar surface area (TPSA) is 0 Å². The van der Waals surface area contributed by atoms with Crippen molar-refractivity contribution in [3.8, 4) is 0 Å². The molecule has 0 aromatic heterocycles. The molecule has 0 heteroatoms. The van der Waals surface area contributed by atoms with Gasteiger partial charge in [-0.2, -0.15) is 0 Å². The van der Waals surface area contributed by atoms with E-state index in [0.29, 0.717) is 5.92 Å². The maximum atomic E-state index is 4.46. The molecule has 0 aliphatic heterocycles. The van der Waals surface area contributed by atoms with Crippen molar-refractivity contribution in [1.82, 2.24) is 0 Å². The van der Waals surface area contributed by atoms with Crippen molar-refractivity contribution in [2.75, 3.05) is 0 Å². The minimum Gasteiger partial charge on any atom is -0.103 e. The van der Waals surface area contributed by atoms with Crippen LogP contribution >= 0.6 is 0 Å². The molecule has 1 aliphatic rings. The zero-order chi connectivity index (χ0) is 19.7. The predicted octanol–water partition coefficient (Wildman–Crippen LogP) is 8.09. The first-order valence-corrected chi connectivity index (χ1v) is 10.2. The summed E-state index contributed by atoms with van der Waals surface area (Å²) in [5, 5.41) is 0. The van der Waals surface area contributed by atoms with E-state index < -0.39 is 0 Å². The Morgan fingerprint density at radius 2 is 1.85 bits per heavy atom. The molecule has 1 unspecified atom stereocenters. The van der Waals surface area contributed by atoms with Gasteiger partial charge >= 0.3 is 0 Å². The lowest BCUT2D eigenvalue weighted by Crippen LogP contribution is -2.15. The smallest absolute Gasteiger partial charge is 0.0312 e. The molecule has 2 rings (SSSR count). The lowest BCUT2D eigenvalue weighted by Gasteiger charge is -2.29. The minimum absolute atomic E-state index is 0.498. The van der Waals surface area contributed by atoms with Crippen LogP contribution in [0.15, 0.2) is 36.9 Å². The summed E-state index contributed by atoms with van der Waals surface area (Å²) < 4.78 is 0. The highest BCUT2D eigenvalue weighted by atomic mass is 14.3. The van der Waals surface area contributed by atoms with E-state index in [1.54, 1.807) is 6.08 Å². The number of hydrogen-bond donors (Lipinski definition) is 0. The van der Waals surface area contributed by atoms with E-state index in [-0.39, 0.29) is 0 Å². The van der Waals surface area contributed by atoms with Crippen LogP contribution in [0.25, 0.3) is 5.57 Å². The van der Waals surface area contributed by atoms with Crippen molar-refractivity contribution in [3.05, 3.63) is 65.8 Å². The fourth-order valence-electron chi connectivity index (χ4n) is 3.98. The average molecular weight is 351 g/mol. The fourth-order valence-corrected chi connectivity index (χ4v) is 3.98. The van der Waals surface area contributed by atoms with E-state index in [0.717, 1.165) is 18.3 Å². The van der Waals surface area contributed by atoms with Gasteiger partial charge in [0.2, 0.25) is 0 Å². The molecule has 0 amide bonds. The Bertz CT molecular complexity index is 609. The molecule has 142 valence electrons. The third-order valence-corrected chi connectivity index (χ3v) is 5.66.